The number of hydrogen-bond acceptors (Lipinski definition) is 3. The Morgan fingerprint density at radius 1 is 0.923 bits per heavy atom. The van der Waals surface area contributed by atoms with E-state index in [9.17, 15) is 14.4 Å². The van der Waals surface area contributed by atoms with Crippen LogP contribution in [-0.4, -0.2) is 22.7 Å². The first-order chi connectivity index (χ1) is 12.6. The highest BCUT2D eigenvalue weighted by Gasteiger charge is 2.49. The summed E-state index contributed by atoms with van der Waals surface area (Å²) < 4.78 is 0. The highest BCUT2D eigenvalue weighted by Crippen LogP contribution is 2.35. The van der Waals surface area contributed by atoms with Gasteiger partial charge in [0, 0.05) is 12.1 Å². The van der Waals surface area contributed by atoms with Crippen molar-refractivity contribution in [3.63, 3.8) is 0 Å². The van der Waals surface area contributed by atoms with Gasteiger partial charge >= 0.3 is 6.03 Å². The van der Waals surface area contributed by atoms with Crippen molar-refractivity contribution >= 4 is 23.5 Å². The summed E-state index contributed by atoms with van der Waals surface area (Å²) in [5.41, 5.74) is 1.29. The zero-order valence-electron chi connectivity index (χ0n) is 14.8. The van der Waals surface area contributed by atoms with Gasteiger partial charge in [-0.15, -0.1) is 0 Å². The van der Waals surface area contributed by atoms with Gasteiger partial charge in [-0.25, -0.2) is 4.79 Å². The molecule has 2 aromatic rings. The molecule has 1 aliphatic heterocycles. The lowest BCUT2D eigenvalue weighted by Crippen LogP contribution is -2.38. The molecule has 5 heteroatoms. The Kier molecular flexibility index (Phi) is 5.46. The van der Waals surface area contributed by atoms with Crippen molar-refractivity contribution in [1.82, 2.24) is 4.90 Å². The lowest BCUT2D eigenvalue weighted by molar-refractivity contribution is -0.139. The van der Waals surface area contributed by atoms with Crippen LogP contribution < -0.4 is 4.90 Å². The van der Waals surface area contributed by atoms with Gasteiger partial charge in [-0.05, 0) is 24.1 Å². The van der Waals surface area contributed by atoms with E-state index in [0.29, 0.717) is 17.7 Å². The zero-order chi connectivity index (χ0) is 18.5. The van der Waals surface area contributed by atoms with Gasteiger partial charge in [0.15, 0.2) is 0 Å². The first-order valence-electron chi connectivity index (χ1n) is 8.95. The fourth-order valence-electron chi connectivity index (χ4n) is 3.19. The van der Waals surface area contributed by atoms with Crippen LogP contribution in [0.4, 0.5) is 10.5 Å². The van der Waals surface area contributed by atoms with Crippen molar-refractivity contribution in [1.29, 1.82) is 0 Å². The fourth-order valence-corrected chi connectivity index (χ4v) is 3.19. The maximum absolute atomic E-state index is 13.0. The standard InChI is InChI=1S/C21H22N2O3/c1-2-3-6-15-18(24)23-20(25)19(16-11-7-4-8-12-16)22(21(23)26)17-13-9-5-10-14-17/h4-5,7-14,19H,2-3,6,15H2,1H3. The van der Waals surface area contributed by atoms with Crippen molar-refractivity contribution in [2.45, 2.75) is 38.6 Å². The van der Waals surface area contributed by atoms with Gasteiger partial charge in [-0.2, -0.15) is 4.90 Å². The summed E-state index contributed by atoms with van der Waals surface area (Å²) in [6, 6.07) is 16.7. The maximum atomic E-state index is 13.0. The first-order valence-corrected chi connectivity index (χ1v) is 8.95. The summed E-state index contributed by atoms with van der Waals surface area (Å²) >= 11 is 0. The summed E-state index contributed by atoms with van der Waals surface area (Å²) in [5.74, 6) is -0.903. The molecule has 1 atom stereocenters. The Labute approximate surface area is 153 Å². The minimum atomic E-state index is -0.818. The molecule has 0 bridgehead atoms. The SMILES string of the molecule is CCCCCC(=O)N1C(=O)C(c2ccccc2)N(c2ccccc2)C1=O. The number of anilines is 1. The Morgan fingerprint density at radius 3 is 2.15 bits per heavy atom. The minimum absolute atomic E-state index is 0.204. The molecule has 1 saturated heterocycles. The lowest BCUT2D eigenvalue weighted by atomic mass is 10.1. The normalized spacial score (nSPS) is 17.0. The van der Waals surface area contributed by atoms with Gasteiger partial charge in [-0.3, -0.25) is 14.5 Å². The van der Waals surface area contributed by atoms with Crippen LogP contribution in [-0.2, 0) is 9.59 Å². The van der Waals surface area contributed by atoms with Crippen LogP contribution >= 0.6 is 0 Å². The molecule has 1 fully saturated rings. The molecule has 0 aromatic heterocycles. The fraction of sp³-hybridized carbons (Fsp3) is 0.286. The van der Waals surface area contributed by atoms with Gasteiger partial charge in [0.2, 0.25) is 5.91 Å². The molecule has 26 heavy (non-hydrogen) atoms. The van der Waals surface area contributed by atoms with Gasteiger partial charge < -0.3 is 0 Å². The van der Waals surface area contributed by atoms with E-state index in [2.05, 4.69) is 0 Å². The van der Waals surface area contributed by atoms with Crippen LogP contribution in [0.1, 0.15) is 44.2 Å². The topological polar surface area (TPSA) is 57.7 Å². The summed E-state index contributed by atoms with van der Waals surface area (Å²) in [6.45, 7) is 2.04. The van der Waals surface area contributed by atoms with Crippen molar-refractivity contribution in [3.8, 4) is 0 Å². The Morgan fingerprint density at radius 2 is 1.54 bits per heavy atom. The van der Waals surface area contributed by atoms with E-state index in [4.69, 9.17) is 0 Å². The first kappa shape index (κ1) is 17.9. The van der Waals surface area contributed by atoms with E-state index >= 15 is 0 Å². The van der Waals surface area contributed by atoms with Gasteiger partial charge in [0.05, 0.1) is 0 Å². The average Bonchev–Trinajstić information content (AvgIpc) is 2.93. The van der Waals surface area contributed by atoms with Gasteiger partial charge in [-0.1, -0.05) is 68.3 Å². The Hall–Kier alpha value is -2.95. The number of unbranched alkanes of at least 4 members (excludes halogenated alkanes) is 2. The van der Waals surface area contributed by atoms with Crippen LogP contribution in [0.5, 0.6) is 0 Å². The molecule has 134 valence electrons. The molecule has 0 radical (unpaired) electrons. The van der Waals surface area contributed by atoms with Crippen LogP contribution in [0.3, 0.4) is 0 Å². The molecule has 5 nitrogen and oxygen atoms in total. The molecule has 1 unspecified atom stereocenters. The minimum Gasteiger partial charge on any atom is -0.277 e. The molecular weight excluding hydrogens is 328 g/mol. The third-order valence-corrected chi connectivity index (χ3v) is 4.50. The van der Waals surface area contributed by atoms with Crippen LogP contribution in [0.15, 0.2) is 60.7 Å². The van der Waals surface area contributed by atoms with E-state index < -0.39 is 23.9 Å². The van der Waals surface area contributed by atoms with Crippen molar-refractivity contribution < 1.29 is 14.4 Å². The van der Waals surface area contributed by atoms with Crippen LogP contribution in [0, 0.1) is 0 Å². The largest absolute Gasteiger partial charge is 0.339 e. The van der Waals surface area contributed by atoms with Crippen LogP contribution in [0.2, 0.25) is 0 Å². The molecule has 1 heterocycles. The van der Waals surface area contributed by atoms with Crippen molar-refractivity contribution in [3.05, 3.63) is 66.2 Å². The summed E-state index contributed by atoms with van der Waals surface area (Å²) in [7, 11) is 0. The summed E-state index contributed by atoms with van der Waals surface area (Å²) in [5, 5.41) is 0. The third kappa shape index (κ3) is 3.38. The van der Waals surface area contributed by atoms with Crippen LogP contribution in [0.25, 0.3) is 0 Å². The van der Waals surface area contributed by atoms with E-state index in [-0.39, 0.29) is 6.42 Å². The third-order valence-electron chi connectivity index (χ3n) is 4.50. The Bertz CT molecular complexity index is 732. The number of rotatable bonds is 6. The van der Waals surface area contributed by atoms with Gasteiger partial charge in [0.25, 0.3) is 5.91 Å². The van der Waals surface area contributed by atoms with Crippen molar-refractivity contribution in [2.75, 3.05) is 4.90 Å². The van der Waals surface area contributed by atoms with E-state index in [1.165, 1.54) is 4.90 Å². The Balaban J connectivity index is 1.97. The van der Waals surface area contributed by atoms with Gasteiger partial charge in [0.1, 0.15) is 6.04 Å². The zero-order valence-corrected chi connectivity index (χ0v) is 14.8. The maximum Gasteiger partial charge on any atom is 0.339 e. The molecule has 3 rings (SSSR count). The second kappa shape index (κ2) is 7.95. The van der Waals surface area contributed by atoms with E-state index in [1.54, 1.807) is 36.4 Å². The number of urea groups is 1. The van der Waals surface area contributed by atoms with Crippen molar-refractivity contribution in [2.24, 2.45) is 0 Å². The lowest BCUT2D eigenvalue weighted by Gasteiger charge is -2.22. The molecule has 0 saturated carbocycles. The average molecular weight is 350 g/mol. The summed E-state index contributed by atoms with van der Waals surface area (Å²) in [6.07, 6.45) is 2.74. The molecule has 1 aliphatic rings. The summed E-state index contributed by atoms with van der Waals surface area (Å²) in [4.78, 5) is 40.8. The number of amides is 4. The molecule has 0 spiro atoms. The van der Waals surface area contributed by atoms with E-state index in [0.717, 1.165) is 17.7 Å². The molecule has 0 N–H and O–H groups in total. The number of carbonyl (C=O) groups is 3. The number of imide groups is 3. The highest BCUT2D eigenvalue weighted by atomic mass is 16.2. The number of hydrogen-bond donors (Lipinski definition) is 0. The molecule has 0 aliphatic carbocycles. The number of para-hydroxylation sites is 1. The predicted molar refractivity (Wildman–Crippen MR) is 99.5 cm³/mol. The molecule has 2 aromatic carbocycles. The molecular formula is C21H22N2O3. The number of nitrogens with zero attached hydrogens (tertiary/aromatic N) is 2. The van der Waals surface area contributed by atoms with E-state index in [1.807, 2.05) is 31.2 Å². The quantitative estimate of drug-likeness (QED) is 0.576. The second-order valence-electron chi connectivity index (χ2n) is 6.33. The number of benzene rings is 2. The number of carbonyl (C=O) groups excluding carboxylic acids is 3. The predicted octanol–water partition coefficient (Wildman–Crippen LogP) is 4.30. The highest BCUT2D eigenvalue weighted by molar-refractivity contribution is 6.23. The second-order valence-corrected chi connectivity index (χ2v) is 6.33. The molecule has 4 amide bonds. The monoisotopic (exact) mass is 350 g/mol. The smallest absolute Gasteiger partial charge is 0.277 e.